The average molecular weight is 603 g/mol. The minimum absolute atomic E-state index is 0.0131. The minimum Gasteiger partial charge on any atom is -0.444 e. The van der Waals surface area contributed by atoms with Crippen LogP contribution in [-0.2, 0) is 31.0 Å². The summed E-state index contributed by atoms with van der Waals surface area (Å²) in [6, 6.07) is 22.9. The van der Waals surface area contributed by atoms with Gasteiger partial charge >= 0.3 is 6.09 Å². The molecular formula is C35H43ClN4O3. The number of aryl methyl sites for hydroxylation is 1. The minimum atomic E-state index is -0.516. The lowest BCUT2D eigenvalue weighted by Crippen LogP contribution is -2.45. The quantitative estimate of drug-likeness (QED) is 0.198. The van der Waals surface area contributed by atoms with Crippen LogP contribution in [0.15, 0.2) is 72.9 Å². The molecule has 43 heavy (non-hydrogen) atoms. The summed E-state index contributed by atoms with van der Waals surface area (Å²) in [5.41, 5.74) is 6.17. The van der Waals surface area contributed by atoms with Gasteiger partial charge in [-0.05, 0) is 67.6 Å². The van der Waals surface area contributed by atoms with E-state index in [2.05, 4.69) is 62.3 Å². The summed E-state index contributed by atoms with van der Waals surface area (Å²) >= 11 is 6.40. The lowest BCUT2D eigenvalue weighted by atomic mass is 9.98. The molecule has 1 aliphatic heterocycles. The van der Waals surface area contributed by atoms with E-state index in [1.54, 1.807) is 0 Å². The molecule has 0 bridgehead atoms. The highest BCUT2D eigenvalue weighted by atomic mass is 35.5. The van der Waals surface area contributed by atoms with E-state index in [0.717, 1.165) is 79.5 Å². The first kappa shape index (κ1) is 31.1. The summed E-state index contributed by atoms with van der Waals surface area (Å²) in [6.45, 7) is 12.7. The first-order chi connectivity index (χ1) is 20.7. The van der Waals surface area contributed by atoms with E-state index in [1.807, 2.05) is 51.1 Å². The Balaban J connectivity index is 1.29. The van der Waals surface area contributed by atoms with Crippen LogP contribution in [0.2, 0.25) is 5.02 Å². The molecule has 0 spiro atoms. The number of amides is 1. The van der Waals surface area contributed by atoms with E-state index in [4.69, 9.17) is 16.3 Å². The van der Waals surface area contributed by atoms with Crippen molar-refractivity contribution in [3.05, 3.63) is 94.6 Å². The number of hydrogen-bond acceptors (Lipinski definition) is 5. The van der Waals surface area contributed by atoms with Crippen molar-refractivity contribution in [2.45, 2.75) is 59.0 Å². The van der Waals surface area contributed by atoms with Gasteiger partial charge in [-0.15, -0.1) is 0 Å². The zero-order chi connectivity index (χ0) is 30.4. The van der Waals surface area contributed by atoms with Crippen LogP contribution in [0.3, 0.4) is 0 Å². The first-order valence-corrected chi connectivity index (χ1v) is 15.5. The van der Waals surface area contributed by atoms with Gasteiger partial charge in [0, 0.05) is 80.0 Å². The van der Waals surface area contributed by atoms with Crippen molar-refractivity contribution in [1.29, 1.82) is 0 Å². The molecular weight excluding hydrogens is 560 g/mol. The number of aliphatic hydroxyl groups excluding tert-OH is 1. The van der Waals surface area contributed by atoms with Crippen LogP contribution in [0, 0.1) is 0 Å². The van der Waals surface area contributed by atoms with Crippen molar-refractivity contribution in [3.63, 3.8) is 0 Å². The highest BCUT2D eigenvalue weighted by Crippen LogP contribution is 2.34. The molecule has 3 aromatic carbocycles. The summed E-state index contributed by atoms with van der Waals surface area (Å²) in [5, 5.41) is 15.0. The second-order valence-electron chi connectivity index (χ2n) is 12.3. The number of piperazine rings is 1. The van der Waals surface area contributed by atoms with Crippen molar-refractivity contribution in [2.75, 3.05) is 32.7 Å². The molecule has 1 aromatic heterocycles. The third-order valence-corrected chi connectivity index (χ3v) is 8.26. The van der Waals surface area contributed by atoms with Crippen molar-refractivity contribution < 1.29 is 14.6 Å². The number of rotatable bonds is 10. The molecule has 2 heterocycles. The molecule has 2 N–H and O–H groups in total. The summed E-state index contributed by atoms with van der Waals surface area (Å²) < 4.78 is 7.62. The number of halogens is 1. The van der Waals surface area contributed by atoms with E-state index in [-0.39, 0.29) is 6.61 Å². The number of nitrogens with one attached hydrogen (secondary N) is 1. The van der Waals surface area contributed by atoms with Crippen LogP contribution < -0.4 is 5.32 Å². The smallest absolute Gasteiger partial charge is 0.407 e. The monoisotopic (exact) mass is 602 g/mol. The number of carbonyl (C=O) groups is 1. The van der Waals surface area contributed by atoms with Crippen molar-refractivity contribution in [3.8, 4) is 11.1 Å². The second kappa shape index (κ2) is 14.0. The van der Waals surface area contributed by atoms with Crippen LogP contribution in [0.25, 0.3) is 22.0 Å². The predicted octanol–water partition coefficient (Wildman–Crippen LogP) is 6.69. The van der Waals surface area contributed by atoms with Gasteiger partial charge < -0.3 is 19.7 Å². The summed E-state index contributed by atoms with van der Waals surface area (Å²) in [4.78, 5) is 17.1. The van der Waals surface area contributed by atoms with Gasteiger partial charge in [-0.2, -0.15) is 0 Å². The standard InChI is InChI=1S/C35H43ClN4O3/c1-35(2,3)43-34(42)37-15-8-16-40-24-31(29-11-6-4-10-28(29)25-41)30-21-26(13-14-33(30)40)22-38-17-19-39(20-18-38)23-27-9-5-7-12-32(27)36/h4-7,9-14,21,24,41H,8,15-20,22-23,25H2,1-3H3,(H,37,42). The molecule has 8 heteroatoms. The maximum absolute atomic E-state index is 12.1. The third kappa shape index (κ3) is 8.18. The fraction of sp³-hybridized carbons (Fsp3) is 0.400. The maximum Gasteiger partial charge on any atom is 0.407 e. The Kier molecular flexibility index (Phi) is 10.1. The topological polar surface area (TPSA) is 70.0 Å². The predicted molar refractivity (Wildman–Crippen MR) is 174 cm³/mol. The Labute approximate surface area is 260 Å². The normalized spacial score (nSPS) is 14.7. The van der Waals surface area contributed by atoms with E-state index >= 15 is 0 Å². The van der Waals surface area contributed by atoms with Gasteiger partial charge in [0.25, 0.3) is 0 Å². The zero-order valence-electron chi connectivity index (χ0n) is 25.5. The van der Waals surface area contributed by atoms with Gasteiger partial charge in [0.05, 0.1) is 6.61 Å². The summed E-state index contributed by atoms with van der Waals surface area (Å²) in [7, 11) is 0. The molecule has 0 saturated carbocycles. The van der Waals surface area contributed by atoms with Gasteiger partial charge in [-0.25, -0.2) is 4.79 Å². The fourth-order valence-corrected chi connectivity index (χ4v) is 5.94. The number of carbonyl (C=O) groups excluding carboxylic acids is 1. The maximum atomic E-state index is 12.1. The van der Waals surface area contributed by atoms with Gasteiger partial charge in [0.15, 0.2) is 0 Å². The number of benzene rings is 3. The molecule has 1 saturated heterocycles. The van der Waals surface area contributed by atoms with Crippen LogP contribution in [-0.4, -0.2) is 63.9 Å². The van der Waals surface area contributed by atoms with Crippen molar-refractivity contribution in [2.24, 2.45) is 0 Å². The fourth-order valence-electron chi connectivity index (χ4n) is 5.75. The molecule has 0 atom stereocenters. The first-order valence-electron chi connectivity index (χ1n) is 15.2. The highest BCUT2D eigenvalue weighted by Gasteiger charge is 2.20. The molecule has 5 rings (SSSR count). The number of nitrogens with zero attached hydrogens (tertiary/aromatic N) is 3. The lowest BCUT2D eigenvalue weighted by molar-refractivity contribution is 0.0526. The molecule has 0 radical (unpaired) electrons. The Hall–Kier alpha value is -3.36. The second-order valence-corrected chi connectivity index (χ2v) is 12.7. The summed E-state index contributed by atoms with van der Waals surface area (Å²) in [6.07, 6.45) is 2.56. The van der Waals surface area contributed by atoms with E-state index < -0.39 is 11.7 Å². The summed E-state index contributed by atoms with van der Waals surface area (Å²) in [5.74, 6) is 0. The number of alkyl carbamates (subject to hydrolysis) is 1. The largest absolute Gasteiger partial charge is 0.444 e. The molecule has 1 fully saturated rings. The lowest BCUT2D eigenvalue weighted by Gasteiger charge is -2.35. The van der Waals surface area contributed by atoms with Gasteiger partial charge in [0.1, 0.15) is 5.60 Å². The van der Waals surface area contributed by atoms with Crippen molar-refractivity contribution >= 4 is 28.6 Å². The van der Waals surface area contributed by atoms with Gasteiger partial charge in [-0.1, -0.05) is 60.1 Å². The number of aromatic nitrogens is 1. The van der Waals surface area contributed by atoms with E-state index in [1.165, 1.54) is 16.5 Å². The molecule has 7 nitrogen and oxygen atoms in total. The van der Waals surface area contributed by atoms with Crippen LogP contribution in [0.1, 0.15) is 43.9 Å². The Morgan fingerprint density at radius 3 is 2.28 bits per heavy atom. The molecule has 4 aromatic rings. The van der Waals surface area contributed by atoms with Crippen LogP contribution in [0.5, 0.6) is 0 Å². The van der Waals surface area contributed by atoms with Gasteiger partial charge in [-0.3, -0.25) is 9.80 Å². The van der Waals surface area contributed by atoms with Crippen molar-refractivity contribution in [1.82, 2.24) is 19.7 Å². The Morgan fingerprint density at radius 2 is 1.58 bits per heavy atom. The Bertz CT molecular complexity index is 1540. The zero-order valence-corrected chi connectivity index (χ0v) is 26.2. The molecule has 228 valence electrons. The third-order valence-electron chi connectivity index (χ3n) is 7.89. The number of fused-ring (bicyclic) bond motifs is 1. The molecule has 1 aliphatic rings. The Morgan fingerprint density at radius 1 is 0.907 bits per heavy atom. The SMILES string of the molecule is CC(C)(C)OC(=O)NCCCn1cc(-c2ccccc2CO)c2cc(CN3CCN(Cc4ccccc4Cl)CC3)ccc21. The number of ether oxygens (including phenoxy) is 1. The highest BCUT2D eigenvalue weighted by molar-refractivity contribution is 6.31. The van der Waals surface area contributed by atoms with E-state index in [0.29, 0.717) is 6.54 Å². The molecule has 0 aliphatic carbocycles. The van der Waals surface area contributed by atoms with Crippen LogP contribution in [0.4, 0.5) is 4.79 Å². The average Bonchev–Trinajstić information content (AvgIpc) is 3.34. The van der Waals surface area contributed by atoms with Crippen LogP contribution >= 0.6 is 11.6 Å². The molecule has 0 unspecified atom stereocenters. The van der Waals surface area contributed by atoms with E-state index in [9.17, 15) is 9.90 Å². The molecule has 1 amide bonds. The van der Waals surface area contributed by atoms with Gasteiger partial charge in [0.2, 0.25) is 0 Å². The number of hydrogen-bond donors (Lipinski definition) is 2. The number of aliphatic hydroxyl groups is 1.